The normalized spacial score (nSPS) is 15.2. The standard InChI is InChI=1S/C39H54O3S3/c1-37(2,3)31-13-25-19-43-21-27-15-32(38(4,5)6)17-29(35(27)41-11)23-45-24-30-18-33(39(7,8)9)16-28(36(30)42-12)22-44-20-26(14-31)34(25)40-10/h13-18H,19-24H2,1-12H3. The molecule has 0 spiro atoms. The van der Waals surface area contributed by atoms with Gasteiger partial charge in [-0.1, -0.05) is 98.7 Å². The van der Waals surface area contributed by atoms with Crippen molar-refractivity contribution in [3.05, 3.63) is 86.5 Å². The van der Waals surface area contributed by atoms with Crippen LogP contribution in [0.1, 0.15) is 112 Å². The summed E-state index contributed by atoms with van der Waals surface area (Å²) in [5.41, 5.74) is 11.8. The van der Waals surface area contributed by atoms with Crippen molar-refractivity contribution >= 4 is 35.3 Å². The van der Waals surface area contributed by atoms with Gasteiger partial charge in [-0.2, -0.15) is 35.3 Å². The maximum atomic E-state index is 6.15. The Bertz CT molecular complexity index is 1230. The zero-order valence-electron chi connectivity index (χ0n) is 29.7. The molecule has 0 amide bonds. The summed E-state index contributed by atoms with van der Waals surface area (Å²) in [5, 5.41) is 0. The maximum Gasteiger partial charge on any atom is 0.126 e. The van der Waals surface area contributed by atoms with Crippen molar-refractivity contribution in [2.45, 2.75) is 113 Å². The quantitative estimate of drug-likeness (QED) is 0.276. The summed E-state index contributed by atoms with van der Waals surface area (Å²) >= 11 is 5.83. The lowest BCUT2D eigenvalue weighted by Crippen LogP contribution is -2.14. The van der Waals surface area contributed by atoms with Gasteiger partial charge in [-0.25, -0.2) is 0 Å². The molecule has 0 aliphatic carbocycles. The van der Waals surface area contributed by atoms with E-state index >= 15 is 0 Å². The molecular formula is C39H54O3S3. The van der Waals surface area contributed by atoms with Crippen LogP contribution in [0.4, 0.5) is 0 Å². The number of hydrogen-bond acceptors (Lipinski definition) is 6. The van der Waals surface area contributed by atoms with Gasteiger partial charge in [-0.3, -0.25) is 0 Å². The van der Waals surface area contributed by atoms with Gasteiger partial charge in [0.05, 0.1) is 21.3 Å². The Morgan fingerprint density at radius 2 is 0.556 bits per heavy atom. The predicted octanol–water partition coefficient (Wildman–Crippen LogP) is 11.2. The van der Waals surface area contributed by atoms with Crippen LogP contribution in [0.25, 0.3) is 0 Å². The highest BCUT2D eigenvalue weighted by Gasteiger charge is 2.24. The fourth-order valence-electron chi connectivity index (χ4n) is 5.80. The molecule has 1 aliphatic rings. The molecule has 6 heteroatoms. The summed E-state index contributed by atoms with van der Waals surface area (Å²) in [6, 6.07) is 14.2. The van der Waals surface area contributed by atoms with E-state index in [9.17, 15) is 0 Å². The molecule has 0 aromatic heterocycles. The van der Waals surface area contributed by atoms with Crippen LogP contribution in [0.2, 0.25) is 0 Å². The summed E-state index contributed by atoms with van der Waals surface area (Å²) in [6.07, 6.45) is 0. The van der Waals surface area contributed by atoms with Crippen LogP contribution in [0, 0.1) is 0 Å². The second-order valence-corrected chi connectivity index (χ2v) is 18.2. The van der Waals surface area contributed by atoms with Gasteiger partial charge in [-0.15, -0.1) is 0 Å². The van der Waals surface area contributed by atoms with Crippen molar-refractivity contribution in [2.24, 2.45) is 0 Å². The maximum absolute atomic E-state index is 6.15. The summed E-state index contributed by atoms with van der Waals surface area (Å²) in [6.45, 7) is 20.7. The summed E-state index contributed by atoms with van der Waals surface area (Å²) in [7, 11) is 5.47. The lowest BCUT2D eigenvalue weighted by molar-refractivity contribution is 0.406. The van der Waals surface area contributed by atoms with Crippen LogP contribution in [0.3, 0.4) is 0 Å². The number of fused-ring (bicyclic) bond motifs is 6. The summed E-state index contributed by atoms with van der Waals surface area (Å²) < 4.78 is 18.5. The third-order valence-electron chi connectivity index (χ3n) is 8.48. The average molecular weight is 667 g/mol. The molecule has 3 aromatic rings. The van der Waals surface area contributed by atoms with Crippen LogP contribution in [0.15, 0.2) is 36.4 Å². The summed E-state index contributed by atoms with van der Waals surface area (Å²) in [5.74, 6) is 8.33. The van der Waals surface area contributed by atoms with Gasteiger partial charge < -0.3 is 14.2 Å². The van der Waals surface area contributed by atoms with E-state index in [0.717, 1.165) is 51.8 Å². The first-order valence-corrected chi connectivity index (χ1v) is 19.4. The highest BCUT2D eigenvalue weighted by atomic mass is 32.2. The highest BCUT2D eigenvalue weighted by Crippen LogP contribution is 2.42. The second kappa shape index (κ2) is 14.5. The minimum Gasteiger partial charge on any atom is -0.496 e. The molecule has 0 N–H and O–H groups in total. The summed E-state index contributed by atoms with van der Waals surface area (Å²) in [4.78, 5) is 0. The zero-order chi connectivity index (χ0) is 33.2. The number of rotatable bonds is 3. The predicted molar refractivity (Wildman–Crippen MR) is 200 cm³/mol. The van der Waals surface area contributed by atoms with Gasteiger partial charge in [0.1, 0.15) is 17.2 Å². The van der Waals surface area contributed by atoms with Crippen LogP contribution in [0.5, 0.6) is 17.2 Å². The first-order valence-electron chi connectivity index (χ1n) is 15.9. The van der Waals surface area contributed by atoms with Gasteiger partial charge in [0.25, 0.3) is 0 Å². The van der Waals surface area contributed by atoms with E-state index in [-0.39, 0.29) is 16.2 Å². The Kier molecular flexibility index (Phi) is 11.6. The molecule has 0 unspecified atom stereocenters. The van der Waals surface area contributed by atoms with Crippen LogP contribution >= 0.6 is 35.3 Å². The molecule has 4 rings (SSSR count). The van der Waals surface area contributed by atoms with Gasteiger partial charge in [0, 0.05) is 67.9 Å². The molecular weight excluding hydrogens is 613 g/mol. The molecule has 0 saturated carbocycles. The Morgan fingerprint density at radius 3 is 0.689 bits per heavy atom. The lowest BCUT2D eigenvalue weighted by atomic mass is 9.85. The molecule has 1 aliphatic heterocycles. The number of ether oxygens (including phenoxy) is 3. The van der Waals surface area contributed by atoms with Crippen LogP contribution in [-0.4, -0.2) is 21.3 Å². The van der Waals surface area contributed by atoms with Crippen LogP contribution < -0.4 is 14.2 Å². The molecule has 3 nitrogen and oxygen atoms in total. The van der Waals surface area contributed by atoms with Gasteiger partial charge in [-0.05, 0) is 32.9 Å². The van der Waals surface area contributed by atoms with Crippen LogP contribution in [-0.2, 0) is 50.8 Å². The molecule has 0 saturated heterocycles. The van der Waals surface area contributed by atoms with E-state index in [0.29, 0.717) is 0 Å². The van der Waals surface area contributed by atoms with E-state index in [4.69, 9.17) is 14.2 Å². The first-order chi connectivity index (χ1) is 21.1. The fraction of sp³-hybridized carbons (Fsp3) is 0.538. The van der Waals surface area contributed by atoms with E-state index in [2.05, 4.69) is 98.7 Å². The number of benzene rings is 3. The van der Waals surface area contributed by atoms with E-state index in [1.54, 1.807) is 0 Å². The third-order valence-corrected chi connectivity index (χ3v) is 11.6. The van der Waals surface area contributed by atoms with Crippen molar-refractivity contribution in [2.75, 3.05) is 21.3 Å². The average Bonchev–Trinajstić information content (AvgIpc) is 2.94. The molecule has 1 heterocycles. The number of methoxy groups -OCH3 is 3. The molecule has 45 heavy (non-hydrogen) atoms. The lowest BCUT2D eigenvalue weighted by Gasteiger charge is -2.25. The number of thioether (sulfide) groups is 3. The van der Waals surface area contributed by atoms with Crippen molar-refractivity contribution in [1.29, 1.82) is 0 Å². The molecule has 0 radical (unpaired) electrons. The molecule has 3 aromatic carbocycles. The van der Waals surface area contributed by atoms with E-state index in [1.807, 2.05) is 56.6 Å². The van der Waals surface area contributed by atoms with Gasteiger partial charge in [0.15, 0.2) is 0 Å². The molecule has 246 valence electrons. The third kappa shape index (κ3) is 8.73. The topological polar surface area (TPSA) is 27.7 Å². The van der Waals surface area contributed by atoms with Crippen molar-refractivity contribution in [3.63, 3.8) is 0 Å². The Morgan fingerprint density at radius 1 is 0.378 bits per heavy atom. The van der Waals surface area contributed by atoms with Gasteiger partial charge in [0.2, 0.25) is 0 Å². The Balaban J connectivity index is 1.90. The Hall–Kier alpha value is -1.89. The molecule has 0 atom stereocenters. The minimum atomic E-state index is 0.0398. The molecule has 0 fully saturated rings. The Labute approximate surface area is 286 Å². The van der Waals surface area contributed by atoms with Gasteiger partial charge >= 0.3 is 0 Å². The molecule has 6 bridgehead atoms. The highest BCUT2D eigenvalue weighted by molar-refractivity contribution is 7.98. The minimum absolute atomic E-state index is 0.0398. The first kappa shape index (κ1) is 36.0. The van der Waals surface area contributed by atoms with E-state index < -0.39 is 0 Å². The van der Waals surface area contributed by atoms with Crippen molar-refractivity contribution in [3.8, 4) is 17.2 Å². The largest absolute Gasteiger partial charge is 0.496 e. The second-order valence-electron chi connectivity index (χ2n) is 15.2. The number of hydrogen-bond donors (Lipinski definition) is 0. The van der Waals surface area contributed by atoms with E-state index in [1.165, 1.54) is 50.1 Å². The SMILES string of the molecule is COc1c2cc(C(C)(C)C)cc1CSCc1cc(C(C)(C)C)cc(c1OC)CSCc1cc(C(C)(C)C)cc(c1OC)CSC2. The fourth-order valence-corrected chi connectivity index (χ4v) is 8.72. The van der Waals surface area contributed by atoms with Crippen molar-refractivity contribution in [1.82, 2.24) is 0 Å². The van der Waals surface area contributed by atoms with Crippen molar-refractivity contribution < 1.29 is 14.2 Å². The monoisotopic (exact) mass is 666 g/mol. The smallest absolute Gasteiger partial charge is 0.126 e. The zero-order valence-corrected chi connectivity index (χ0v) is 32.1.